The second-order valence-corrected chi connectivity index (χ2v) is 6.83. The van der Waals surface area contributed by atoms with Crippen molar-refractivity contribution in [1.82, 2.24) is 25.7 Å². The Balaban J connectivity index is 2.07. The number of ether oxygens (including phenoxy) is 1. The molecule has 0 aliphatic carbocycles. The first-order valence-electron chi connectivity index (χ1n) is 8.69. The van der Waals surface area contributed by atoms with Gasteiger partial charge in [-0.2, -0.15) is 5.10 Å². The van der Waals surface area contributed by atoms with Crippen molar-refractivity contribution >= 4 is 12.1 Å². The molecule has 1 rings (SSSR count). The van der Waals surface area contributed by atoms with Crippen LogP contribution in [0.4, 0.5) is 4.79 Å². The summed E-state index contributed by atoms with van der Waals surface area (Å²) in [6, 6.07) is 0. The van der Waals surface area contributed by atoms with Crippen molar-refractivity contribution < 1.29 is 9.53 Å². The van der Waals surface area contributed by atoms with Crippen molar-refractivity contribution in [3.8, 4) is 0 Å². The summed E-state index contributed by atoms with van der Waals surface area (Å²) >= 11 is 0. The second-order valence-electron chi connectivity index (χ2n) is 6.83. The van der Waals surface area contributed by atoms with Crippen LogP contribution in [-0.4, -0.2) is 54.1 Å². The molecule has 0 spiro atoms. The Morgan fingerprint density at radius 2 is 1.84 bits per heavy atom. The third-order valence-electron chi connectivity index (χ3n) is 3.23. The molecular formula is C17H32N6O2. The van der Waals surface area contributed by atoms with Crippen LogP contribution < -0.4 is 16.0 Å². The number of alkyl carbamates (subject to hydrolysis) is 1. The summed E-state index contributed by atoms with van der Waals surface area (Å²) in [6.45, 7) is 7.65. The van der Waals surface area contributed by atoms with Crippen molar-refractivity contribution in [2.24, 2.45) is 12.0 Å². The molecule has 1 aromatic heterocycles. The van der Waals surface area contributed by atoms with Gasteiger partial charge in [-0.1, -0.05) is 0 Å². The molecule has 0 aromatic carbocycles. The molecule has 0 saturated carbocycles. The van der Waals surface area contributed by atoms with Crippen LogP contribution in [0, 0.1) is 0 Å². The highest BCUT2D eigenvalue weighted by molar-refractivity contribution is 5.79. The van der Waals surface area contributed by atoms with Crippen molar-refractivity contribution in [1.29, 1.82) is 0 Å². The predicted molar refractivity (Wildman–Crippen MR) is 99.7 cm³/mol. The van der Waals surface area contributed by atoms with Crippen LogP contribution in [0.5, 0.6) is 0 Å². The van der Waals surface area contributed by atoms with Crippen LogP contribution in [0.25, 0.3) is 0 Å². The maximum Gasteiger partial charge on any atom is 0.407 e. The summed E-state index contributed by atoms with van der Waals surface area (Å²) in [5, 5.41) is 13.4. The third kappa shape index (κ3) is 10.3. The van der Waals surface area contributed by atoms with Crippen molar-refractivity contribution in [2.75, 3.05) is 26.7 Å². The van der Waals surface area contributed by atoms with Gasteiger partial charge in [0.25, 0.3) is 0 Å². The van der Waals surface area contributed by atoms with E-state index in [1.54, 1.807) is 7.05 Å². The highest BCUT2D eigenvalue weighted by Crippen LogP contribution is 2.06. The largest absolute Gasteiger partial charge is 0.444 e. The first kappa shape index (κ1) is 20.8. The van der Waals surface area contributed by atoms with Crippen molar-refractivity contribution in [2.45, 2.75) is 45.6 Å². The summed E-state index contributed by atoms with van der Waals surface area (Å²) in [5.74, 6) is 0.767. The number of hydrogen-bond acceptors (Lipinski definition) is 4. The van der Waals surface area contributed by atoms with E-state index in [1.165, 1.54) is 5.56 Å². The number of rotatable bonds is 8. The Morgan fingerprint density at radius 1 is 1.20 bits per heavy atom. The maximum atomic E-state index is 11.5. The van der Waals surface area contributed by atoms with Crippen molar-refractivity contribution in [3.63, 3.8) is 0 Å². The van der Waals surface area contributed by atoms with Gasteiger partial charge >= 0.3 is 6.09 Å². The Bertz CT molecular complexity index is 548. The van der Waals surface area contributed by atoms with Gasteiger partial charge in [0.15, 0.2) is 5.96 Å². The summed E-state index contributed by atoms with van der Waals surface area (Å²) < 4.78 is 6.99. The molecule has 25 heavy (non-hydrogen) atoms. The molecule has 0 saturated heterocycles. The van der Waals surface area contributed by atoms with Crippen LogP contribution in [0.2, 0.25) is 0 Å². The van der Waals surface area contributed by atoms with Crippen LogP contribution in [0.15, 0.2) is 17.4 Å². The Kier molecular flexibility index (Phi) is 8.80. The molecule has 3 N–H and O–H groups in total. The molecule has 0 fully saturated rings. The second kappa shape index (κ2) is 10.6. The van der Waals surface area contributed by atoms with Gasteiger partial charge in [-0.15, -0.1) is 0 Å². The normalized spacial score (nSPS) is 12.0. The van der Waals surface area contributed by atoms with Gasteiger partial charge in [-0.25, -0.2) is 4.79 Å². The number of aromatic nitrogens is 2. The molecular weight excluding hydrogens is 320 g/mol. The number of amides is 1. The topological polar surface area (TPSA) is 92.6 Å². The molecule has 1 heterocycles. The Morgan fingerprint density at radius 3 is 2.40 bits per heavy atom. The van der Waals surface area contributed by atoms with Gasteiger partial charge in [0, 0.05) is 39.9 Å². The van der Waals surface area contributed by atoms with Gasteiger partial charge in [-0.05, 0) is 45.6 Å². The van der Waals surface area contributed by atoms with Gasteiger partial charge in [-0.3, -0.25) is 9.67 Å². The molecule has 0 radical (unpaired) electrons. The quantitative estimate of drug-likeness (QED) is 0.374. The number of aryl methyl sites for hydroxylation is 2. The Hall–Kier alpha value is -2.25. The molecule has 8 nitrogen and oxygen atoms in total. The van der Waals surface area contributed by atoms with Crippen LogP contribution in [0.3, 0.4) is 0 Å². The predicted octanol–water partition coefficient (Wildman–Crippen LogP) is 1.43. The van der Waals surface area contributed by atoms with Crippen LogP contribution >= 0.6 is 0 Å². The third-order valence-corrected chi connectivity index (χ3v) is 3.23. The standard InChI is InChI=1S/C17H32N6O2/c1-17(2,3)25-16(24)21-11-7-10-20-15(18-4)19-9-6-8-14-12-22-23(5)13-14/h12-13H,6-11H2,1-5H3,(H,21,24)(H2,18,19,20). The zero-order valence-electron chi connectivity index (χ0n) is 16.1. The van der Waals surface area contributed by atoms with Crippen molar-refractivity contribution in [3.05, 3.63) is 18.0 Å². The van der Waals surface area contributed by atoms with Crippen LogP contribution in [-0.2, 0) is 18.2 Å². The fourth-order valence-electron chi connectivity index (χ4n) is 2.12. The number of nitrogens with zero attached hydrogens (tertiary/aromatic N) is 3. The van der Waals surface area contributed by atoms with E-state index in [0.717, 1.165) is 38.3 Å². The van der Waals surface area contributed by atoms with E-state index < -0.39 is 5.60 Å². The van der Waals surface area contributed by atoms with E-state index in [4.69, 9.17) is 4.74 Å². The van der Waals surface area contributed by atoms with E-state index >= 15 is 0 Å². The summed E-state index contributed by atoms with van der Waals surface area (Å²) in [5.41, 5.74) is 0.768. The molecule has 0 aliphatic rings. The van der Waals surface area contributed by atoms with E-state index in [0.29, 0.717) is 6.54 Å². The zero-order chi connectivity index (χ0) is 18.7. The molecule has 0 bridgehead atoms. The molecule has 0 unspecified atom stereocenters. The SMILES string of the molecule is CN=C(NCCCNC(=O)OC(C)(C)C)NCCCc1cnn(C)c1. The fraction of sp³-hybridized carbons (Fsp3) is 0.706. The van der Waals surface area contributed by atoms with E-state index in [2.05, 4.69) is 26.0 Å². The monoisotopic (exact) mass is 352 g/mol. The van der Waals surface area contributed by atoms with E-state index in [1.807, 2.05) is 44.9 Å². The first-order chi connectivity index (χ1) is 11.8. The summed E-state index contributed by atoms with van der Waals surface area (Å²) in [4.78, 5) is 15.7. The Labute approximate surface area is 150 Å². The minimum atomic E-state index is -0.468. The summed E-state index contributed by atoms with van der Waals surface area (Å²) in [7, 11) is 3.67. The van der Waals surface area contributed by atoms with Gasteiger partial charge in [0.05, 0.1) is 6.20 Å². The minimum Gasteiger partial charge on any atom is -0.444 e. The molecule has 142 valence electrons. The number of carbonyl (C=O) groups excluding carboxylic acids is 1. The maximum absolute atomic E-state index is 11.5. The first-order valence-corrected chi connectivity index (χ1v) is 8.69. The average molecular weight is 352 g/mol. The molecule has 0 aliphatic heterocycles. The fourth-order valence-corrected chi connectivity index (χ4v) is 2.12. The molecule has 1 aromatic rings. The highest BCUT2D eigenvalue weighted by atomic mass is 16.6. The molecule has 0 atom stereocenters. The van der Waals surface area contributed by atoms with E-state index in [-0.39, 0.29) is 6.09 Å². The average Bonchev–Trinajstić information content (AvgIpc) is 2.92. The number of carbonyl (C=O) groups is 1. The zero-order valence-corrected chi connectivity index (χ0v) is 16.1. The van der Waals surface area contributed by atoms with Crippen LogP contribution in [0.1, 0.15) is 39.2 Å². The number of hydrogen-bond donors (Lipinski definition) is 3. The molecule has 8 heteroatoms. The number of aliphatic imine (C=N–C) groups is 1. The van der Waals surface area contributed by atoms with Gasteiger partial charge in [0.1, 0.15) is 5.60 Å². The molecule has 1 amide bonds. The van der Waals surface area contributed by atoms with E-state index in [9.17, 15) is 4.79 Å². The lowest BCUT2D eigenvalue weighted by Crippen LogP contribution is -2.39. The lowest BCUT2D eigenvalue weighted by atomic mass is 10.2. The van der Waals surface area contributed by atoms with Gasteiger partial charge in [0.2, 0.25) is 0 Å². The smallest absolute Gasteiger partial charge is 0.407 e. The summed E-state index contributed by atoms with van der Waals surface area (Å²) in [6.07, 6.45) is 6.32. The minimum absolute atomic E-state index is 0.384. The van der Waals surface area contributed by atoms with Gasteiger partial charge < -0.3 is 20.7 Å². The number of guanidine groups is 1. The highest BCUT2D eigenvalue weighted by Gasteiger charge is 2.15. The lowest BCUT2D eigenvalue weighted by molar-refractivity contribution is 0.0527. The lowest BCUT2D eigenvalue weighted by Gasteiger charge is -2.19. The number of nitrogens with one attached hydrogen (secondary N) is 3.